The summed E-state index contributed by atoms with van der Waals surface area (Å²) in [5.41, 5.74) is 4.05. The van der Waals surface area contributed by atoms with Crippen molar-refractivity contribution >= 4 is 24.3 Å². The highest BCUT2D eigenvalue weighted by molar-refractivity contribution is 6.88. The Balaban J connectivity index is 1.64. The number of nitrogens with zero attached hydrogens (tertiary/aromatic N) is 2. The van der Waals surface area contributed by atoms with Gasteiger partial charge in [-0.05, 0) is 17.7 Å². The summed E-state index contributed by atoms with van der Waals surface area (Å²) in [6, 6.07) is 30.6. The first-order chi connectivity index (χ1) is 13.1. The molecule has 1 heterocycles. The molecule has 0 aliphatic carbocycles. The SMILES string of the molecule is C[Si](C)(C[n+]1cn(CCc2ccccc2)c2ccccc21)c1ccccc1. The van der Waals surface area contributed by atoms with E-state index in [1.807, 2.05) is 0 Å². The molecule has 0 N–H and O–H groups in total. The molecule has 0 aliphatic rings. The third kappa shape index (κ3) is 3.88. The van der Waals surface area contributed by atoms with Crippen LogP contribution < -0.4 is 9.75 Å². The Labute approximate surface area is 162 Å². The van der Waals surface area contributed by atoms with E-state index in [1.54, 1.807) is 0 Å². The van der Waals surface area contributed by atoms with Crippen molar-refractivity contribution < 1.29 is 4.57 Å². The average molecular weight is 372 g/mol. The lowest BCUT2D eigenvalue weighted by atomic mass is 10.1. The monoisotopic (exact) mass is 371 g/mol. The van der Waals surface area contributed by atoms with Gasteiger partial charge in [0.1, 0.15) is 8.07 Å². The summed E-state index contributed by atoms with van der Waals surface area (Å²) in [6.07, 6.45) is 4.47. The molecule has 2 nitrogen and oxygen atoms in total. The topological polar surface area (TPSA) is 8.81 Å². The molecule has 0 saturated carbocycles. The van der Waals surface area contributed by atoms with Crippen molar-refractivity contribution in [3.63, 3.8) is 0 Å². The maximum absolute atomic E-state index is 2.47. The molecule has 3 aromatic carbocycles. The van der Waals surface area contributed by atoms with Crippen molar-refractivity contribution in [2.24, 2.45) is 0 Å². The Bertz CT molecular complexity index is 1020. The summed E-state index contributed by atoms with van der Waals surface area (Å²) < 4.78 is 4.89. The number of aryl methyl sites for hydroxylation is 2. The molecular weight excluding hydrogens is 344 g/mol. The van der Waals surface area contributed by atoms with Crippen molar-refractivity contribution in [1.29, 1.82) is 0 Å². The van der Waals surface area contributed by atoms with Crippen LogP contribution in [0.15, 0.2) is 91.3 Å². The largest absolute Gasteiger partial charge is 0.244 e. The molecule has 0 amide bonds. The molecule has 0 radical (unpaired) electrons. The van der Waals surface area contributed by atoms with Crippen LogP contribution in [0.2, 0.25) is 13.1 Å². The van der Waals surface area contributed by atoms with Crippen LogP contribution in [-0.4, -0.2) is 12.6 Å². The number of rotatable bonds is 6. The van der Waals surface area contributed by atoms with E-state index in [-0.39, 0.29) is 0 Å². The van der Waals surface area contributed by atoms with Crippen molar-refractivity contribution in [2.75, 3.05) is 0 Å². The number of aromatic nitrogens is 2. The van der Waals surface area contributed by atoms with Gasteiger partial charge in [-0.15, -0.1) is 0 Å². The van der Waals surface area contributed by atoms with E-state index in [0.29, 0.717) is 0 Å². The zero-order chi connectivity index (χ0) is 18.7. The van der Waals surface area contributed by atoms with Gasteiger partial charge in [-0.2, -0.15) is 0 Å². The zero-order valence-corrected chi connectivity index (χ0v) is 17.2. The molecule has 4 aromatic rings. The van der Waals surface area contributed by atoms with Crippen LogP contribution in [0.4, 0.5) is 0 Å². The second-order valence-electron chi connectivity index (χ2n) is 7.91. The molecule has 0 fully saturated rings. The van der Waals surface area contributed by atoms with Crippen LogP contribution in [0.25, 0.3) is 11.0 Å². The predicted molar refractivity (Wildman–Crippen MR) is 116 cm³/mol. The Morgan fingerprint density at radius 2 is 1.41 bits per heavy atom. The van der Waals surface area contributed by atoms with E-state index in [0.717, 1.165) is 19.1 Å². The van der Waals surface area contributed by atoms with Gasteiger partial charge in [-0.1, -0.05) is 91.1 Å². The minimum Gasteiger partial charge on any atom is -0.233 e. The van der Waals surface area contributed by atoms with Crippen LogP contribution in [0.3, 0.4) is 0 Å². The lowest BCUT2D eigenvalue weighted by Gasteiger charge is -2.20. The molecule has 0 spiro atoms. The quantitative estimate of drug-likeness (QED) is 0.352. The Morgan fingerprint density at radius 1 is 0.778 bits per heavy atom. The van der Waals surface area contributed by atoms with Crippen molar-refractivity contribution in [3.8, 4) is 0 Å². The molecule has 0 aliphatic heterocycles. The fraction of sp³-hybridized carbons (Fsp3) is 0.208. The summed E-state index contributed by atoms with van der Waals surface area (Å²) in [4.78, 5) is 0. The normalized spacial score (nSPS) is 11.8. The smallest absolute Gasteiger partial charge is 0.233 e. The first kappa shape index (κ1) is 17.7. The number of fused-ring (bicyclic) bond motifs is 1. The van der Waals surface area contributed by atoms with Crippen molar-refractivity contribution in [3.05, 3.63) is 96.8 Å². The summed E-state index contributed by atoms with van der Waals surface area (Å²) in [7, 11) is -1.56. The van der Waals surface area contributed by atoms with Gasteiger partial charge >= 0.3 is 0 Å². The first-order valence-electron chi connectivity index (χ1n) is 9.70. The summed E-state index contributed by atoms with van der Waals surface area (Å²) in [5.74, 6) is 0. The van der Waals surface area contributed by atoms with Gasteiger partial charge in [-0.25, -0.2) is 9.13 Å². The summed E-state index contributed by atoms with van der Waals surface area (Å²) >= 11 is 0. The van der Waals surface area contributed by atoms with Crippen LogP contribution in [0.1, 0.15) is 5.56 Å². The second-order valence-corrected chi connectivity index (χ2v) is 12.6. The molecule has 27 heavy (non-hydrogen) atoms. The van der Waals surface area contributed by atoms with Gasteiger partial charge < -0.3 is 0 Å². The predicted octanol–water partition coefficient (Wildman–Crippen LogP) is 4.33. The maximum Gasteiger partial charge on any atom is 0.244 e. The molecule has 0 saturated heterocycles. The molecule has 1 aromatic heterocycles. The number of imidazole rings is 1. The van der Waals surface area contributed by atoms with Gasteiger partial charge in [0.15, 0.2) is 11.0 Å². The number of benzene rings is 3. The lowest BCUT2D eigenvalue weighted by molar-refractivity contribution is -0.655. The van der Waals surface area contributed by atoms with Crippen molar-refractivity contribution in [2.45, 2.75) is 32.2 Å². The minimum atomic E-state index is -1.56. The fourth-order valence-corrected chi connectivity index (χ4v) is 6.23. The van der Waals surface area contributed by atoms with Crippen LogP contribution in [0, 0.1) is 0 Å². The van der Waals surface area contributed by atoms with Gasteiger partial charge in [-0.3, -0.25) is 0 Å². The fourth-order valence-electron chi connectivity index (χ4n) is 3.85. The highest BCUT2D eigenvalue weighted by atomic mass is 28.3. The van der Waals surface area contributed by atoms with Gasteiger partial charge in [0.25, 0.3) is 0 Å². The van der Waals surface area contributed by atoms with Gasteiger partial charge in [0.05, 0.1) is 12.7 Å². The van der Waals surface area contributed by atoms with Crippen LogP contribution in [0.5, 0.6) is 0 Å². The first-order valence-corrected chi connectivity index (χ1v) is 12.9. The standard InChI is InChI=1S/C24H27N2Si/c1-27(2,22-13-7-4-8-14-22)20-26-19-25(23-15-9-10-16-24(23)26)18-17-21-11-5-3-6-12-21/h3-16,19H,17-18,20H2,1-2H3/q+1. The third-order valence-electron chi connectivity index (χ3n) is 5.38. The number of hydrogen-bond donors (Lipinski definition) is 0. The summed E-state index contributed by atoms with van der Waals surface area (Å²) in [6.45, 7) is 5.93. The molecular formula is C24H27N2Si+. The van der Waals surface area contributed by atoms with Crippen molar-refractivity contribution in [1.82, 2.24) is 4.57 Å². The van der Waals surface area contributed by atoms with E-state index < -0.39 is 8.07 Å². The Kier molecular flexibility index (Phi) is 4.95. The second kappa shape index (κ2) is 7.53. The highest BCUT2D eigenvalue weighted by Gasteiger charge is 2.28. The van der Waals surface area contributed by atoms with Crippen LogP contribution in [-0.2, 0) is 19.1 Å². The van der Waals surface area contributed by atoms with Crippen LogP contribution >= 0.6 is 0 Å². The van der Waals surface area contributed by atoms with E-state index >= 15 is 0 Å². The number of para-hydroxylation sites is 2. The van der Waals surface area contributed by atoms with E-state index in [4.69, 9.17) is 0 Å². The average Bonchev–Trinajstić information content (AvgIpc) is 3.05. The molecule has 4 rings (SSSR count). The highest BCUT2D eigenvalue weighted by Crippen LogP contribution is 2.14. The van der Waals surface area contributed by atoms with E-state index in [9.17, 15) is 0 Å². The number of hydrogen-bond acceptors (Lipinski definition) is 0. The molecule has 0 unspecified atom stereocenters. The third-order valence-corrected chi connectivity index (χ3v) is 8.41. The Hall–Kier alpha value is -2.65. The Morgan fingerprint density at radius 3 is 2.15 bits per heavy atom. The molecule has 0 atom stereocenters. The minimum absolute atomic E-state index is 1.00. The zero-order valence-electron chi connectivity index (χ0n) is 16.2. The lowest BCUT2D eigenvalue weighted by Crippen LogP contribution is -2.54. The van der Waals surface area contributed by atoms with E-state index in [2.05, 4.69) is 113 Å². The molecule has 0 bridgehead atoms. The van der Waals surface area contributed by atoms with E-state index in [1.165, 1.54) is 21.8 Å². The molecule has 136 valence electrons. The maximum atomic E-state index is 2.47. The van der Waals surface area contributed by atoms with Gasteiger partial charge in [0.2, 0.25) is 6.33 Å². The molecule has 3 heteroatoms. The summed E-state index contributed by atoms with van der Waals surface area (Å²) in [5, 5.41) is 1.51. The van der Waals surface area contributed by atoms with Gasteiger partial charge in [0, 0.05) is 6.42 Å².